The third-order valence-corrected chi connectivity index (χ3v) is 3.18. The summed E-state index contributed by atoms with van der Waals surface area (Å²) in [5.41, 5.74) is 2.95. The maximum Gasteiger partial charge on any atom is 0.183 e. The van der Waals surface area contributed by atoms with E-state index in [1.54, 1.807) is 13.2 Å². The van der Waals surface area contributed by atoms with Crippen molar-refractivity contribution < 1.29 is 0 Å². The van der Waals surface area contributed by atoms with Gasteiger partial charge in [-0.3, -0.25) is 0 Å². The molecule has 0 aliphatic rings. The van der Waals surface area contributed by atoms with Crippen LogP contribution in [-0.2, 0) is 7.05 Å². The Morgan fingerprint density at radius 2 is 2.05 bits per heavy atom. The van der Waals surface area contributed by atoms with Crippen LogP contribution in [0.25, 0.3) is 22.4 Å². The second-order valence-electron chi connectivity index (χ2n) is 4.34. The van der Waals surface area contributed by atoms with E-state index in [1.807, 2.05) is 32.2 Å². The van der Waals surface area contributed by atoms with Crippen LogP contribution in [0.2, 0.25) is 0 Å². The number of aromatic nitrogens is 5. The van der Waals surface area contributed by atoms with E-state index in [-0.39, 0.29) is 0 Å². The highest BCUT2D eigenvalue weighted by molar-refractivity contribution is 5.81. The van der Waals surface area contributed by atoms with Crippen LogP contribution >= 0.6 is 0 Å². The Kier molecular flexibility index (Phi) is 2.63. The lowest BCUT2D eigenvalue weighted by Crippen LogP contribution is -1.98. The number of hydrogen-bond donors (Lipinski definition) is 1. The topological polar surface area (TPSA) is 68.5 Å². The molecular weight excluding hydrogens is 240 g/mol. The molecule has 0 aliphatic heterocycles. The average molecular weight is 254 g/mol. The highest BCUT2D eigenvalue weighted by Gasteiger charge is 2.08. The summed E-state index contributed by atoms with van der Waals surface area (Å²) in [6.45, 7) is 1.99. The van der Waals surface area contributed by atoms with Crippen molar-refractivity contribution in [2.24, 2.45) is 7.05 Å². The fraction of sp³-hybridized carbons (Fsp3) is 0.231. The van der Waals surface area contributed by atoms with Gasteiger partial charge >= 0.3 is 0 Å². The maximum absolute atomic E-state index is 4.51. The van der Waals surface area contributed by atoms with Gasteiger partial charge in [-0.1, -0.05) is 0 Å². The van der Waals surface area contributed by atoms with Crippen molar-refractivity contribution in [3.8, 4) is 11.4 Å². The first-order chi connectivity index (χ1) is 9.19. The molecule has 0 atom stereocenters. The van der Waals surface area contributed by atoms with E-state index in [2.05, 4.69) is 30.0 Å². The summed E-state index contributed by atoms with van der Waals surface area (Å²) in [6, 6.07) is 6.00. The van der Waals surface area contributed by atoms with Gasteiger partial charge < -0.3 is 9.88 Å². The SMILES string of the molecule is CNc1cnnc(-c2ccc3c(c2)nc(C)n3C)n1. The molecule has 0 saturated carbocycles. The number of fused-ring (bicyclic) bond motifs is 1. The molecule has 0 unspecified atom stereocenters. The van der Waals surface area contributed by atoms with Crippen molar-refractivity contribution in [2.75, 3.05) is 12.4 Å². The number of anilines is 1. The van der Waals surface area contributed by atoms with Crippen LogP contribution in [0.1, 0.15) is 5.82 Å². The normalized spacial score (nSPS) is 10.9. The number of aryl methyl sites for hydroxylation is 2. The van der Waals surface area contributed by atoms with Crippen molar-refractivity contribution in [1.29, 1.82) is 0 Å². The van der Waals surface area contributed by atoms with Gasteiger partial charge in [0.1, 0.15) is 11.6 Å². The van der Waals surface area contributed by atoms with E-state index >= 15 is 0 Å². The van der Waals surface area contributed by atoms with Crippen molar-refractivity contribution in [3.63, 3.8) is 0 Å². The maximum atomic E-state index is 4.51. The Morgan fingerprint density at radius 1 is 1.21 bits per heavy atom. The van der Waals surface area contributed by atoms with Gasteiger partial charge in [0.05, 0.1) is 17.2 Å². The summed E-state index contributed by atoms with van der Waals surface area (Å²) < 4.78 is 2.06. The standard InChI is InChI=1S/C13H14N6/c1-8-16-10-6-9(4-5-11(10)19(8)3)13-17-12(14-2)7-15-18-13/h4-7H,1-3H3,(H,14,17,18). The molecule has 0 radical (unpaired) electrons. The second-order valence-corrected chi connectivity index (χ2v) is 4.34. The largest absolute Gasteiger partial charge is 0.372 e. The molecule has 3 aromatic rings. The van der Waals surface area contributed by atoms with Gasteiger partial charge in [0.25, 0.3) is 0 Å². The number of imidazole rings is 1. The summed E-state index contributed by atoms with van der Waals surface area (Å²) >= 11 is 0. The molecule has 0 spiro atoms. The molecule has 6 nitrogen and oxygen atoms in total. The monoisotopic (exact) mass is 254 g/mol. The Labute approximate surface area is 110 Å². The number of rotatable bonds is 2. The van der Waals surface area contributed by atoms with E-state index in [4.69, 9.17) is 0 Å². The zero-order valence-electron chi connectivity index (χ0n) is 11.0. The zero-order chi connectivity index (χ0) is 13.4. The molecule has 3 rings (SSSR count). The highest BCUT2D eigenvalue weighted by atomic mass is 15.2. The molecule has 6 heteroatoms. The van der Waals surface area contributed by atoms with Crippen molar-refractivity contribution >= 4 is 16.9 Å². The van der Waals surface area contributed by atoms with Crippen LogP contribution in [0.4, 0.5) is 5.82 Å². The van der Waals surface area contributed by atoms with Crippen LogP contribution in [-0.4, -0.2) is 31.8 Å². The zero-order valence-corrected chi connectivity index (χ0v) is 11.0. The minimum atomic E-state index is 0.594. The number of nitrogens with one attached hydrogen (secondary N) is 1. The van der Waals surface area contributed by atoms with Gasteiger partial charge in [0.2, 0.25) is 0 Å². The number of benzene rings is 1. The quantitative estimate of drug-likeness (QED) is 0.755. The predicted octanol–water partition coefficient (Wildman–Crippen LogP) is 1.78. The molecule has 19 heavy (non-hydrogen) atoms. The third-order valence-electron chi connectivity index (χ3n) is 3.18. The molecule has 2 heterocycles. The molecule has 0 aliphatic carbocycles. The minimum absolute atomic E-state index is 0.594. The van der Waals surface area contributed by atoms with Gasteiger partial charge in [-0.25, -0.2) is 9.97 Å². The van der Waals surface area contributed by atoms with Crippen LogP contribution in [0.5, 0.6) is 0 Å². The summed E-state index contributed by atoms with van der Waals surface area (Å²) in [5.74, 6) is 2.27. The van der Waals surface area contributed by atoms with Crippen LogP contribution in [0.3, 0.4) is 0 Å². The molecule has 1 N–H and O–H groups in total. The Morgan fingerprint density at radius 3 is 2.84 bits per heavy atom. The van der Waals surface area contributed by atoms with E-state index in [1.165, 1.54) is 0 Å². The van der Waals surface area contributed by atoms with Crippen molar-refractivity contribution in [2.45, 2.75) is 6.92 Å². The Hall–Kier alpha value is -2.50. The first-order valence-electron chi connectivity index (χ1n) is 6.00. The third kappa shape index (κ3) is 1.91. The summed E-state index contributed by atoms with van der Waals surface area (Å²) in [7, 11) is 3.81. The molecule has 0 bridgehead atoms. The van der Waals surface area contributed by atoms with Gasteiger partial charge in [0.15, 0.2) is 5.82 Å². The summed E-state index contributed by atoms with van der Waals surface area (Å²) in [4.78, 5) is 8.89. The van der Waals surface area contributed by atoms with Gasteiger partial charge in [-0.2, -0.15) is 5.10 Å². The van der Waals surface area contributed by atoms with Crippen molar-refractivity contribution in [3.05, 3.63) is 30.2 Å². The number of hydrogen-bond acceptors (Lipinski definition) is 5. The smallest absolute Gasteiger partial charge is 0.183 e. The van der Waals surface area contributed by atoms with Crippen molar-refractivity contribution in [1.82, 2.24) is 24.7 Å². The molecule has 1 aromatic carbocycles. The van der Waals surface area contributed by atoms with E-state index in [0.717, 1.165) is 22.4 Å². The van der Waals surface area contributed by atoms with Gasteiger partial charge in [-0.15, -0.1) is 5.10 Å². The van der Waals surface area contributed by atoms with E-state index < -0.39 is 0 Å². The minimum Gasteiger partial charge on any atom is -0.372 e. The molecular formula is C13H14N6. The second kappa shape index (κ2) is 4.31. The Balaban J connectivity index is 2.14. The van der Waals surface area contributed by atoms with E-state index in [0.29, 0.717) is 11.6 Å². The Bertz CT molecular complexity index is 746. The first-order valence-corrected chi connectivity index (χ1v) is 6.00. The number of nitrogens with zero attached hydrogens (tertiary/aromatic N) is 5. The lowest BCUT2D eigenvalue weighted by atomic mass is 10.2. The fourth-order valence-corrected chi connectivity index (χ4v) is 2.01. The molecule has 96 valence electrons. The van der Waals surface area contributed by atoms with Crippen LogP contribution in [0, 0.1) is 6.92 Å². The van der Waals surface area contributed by atoms with E-state index in [9.17, 15) is 0 Å². The predicted molar refractivity (Wildman–Crippen MR) is 73.8 cm³/mol. The highest BCUT2D eigenvalue weighted by Crippen LogP contribution is 2.22. The lowest BCUT2D eigenvalue weighted by molar-refractivity contribution is 0.886. The summed E-state index contributed by atoms with van der Waals surface area (Å²) in [5, 5.41) is 10.9. The fourth-order valence-electron chi connectivity index (χ4n) is 2.01. The first kappa shape index (κ1) is 11.6. The molecule has 0 fully saturated rings. The summed E-state index contributed by atoms with van der Waals surface area (Å²) in [6.07, 6.45) is 1.59. The average Bonchev–Trinajstić information content (AvgIpc) is 2.73. The van der Waals surface area contributed by atoms with Gasteiger partial charge in [0, 0.05) is 19.7 Å². The van der Waals surface area contributed by atoms with Crippen LogP contribution in [0.15, 0.2) is 24.4 Å². The molecule has 0 amide bonds. The molecule has 2 aromatic heterocycles. The van der Waals surface area contributed by atoms with Crippen LogP contribution < -0.4 is 5.32 Å². The van der Waals surface area contributed by atoms with Gasteiger partial charge in [-0.05, 0) is 25.1 Å². The lowest BCUT2D eigenvalue weighted by Gasteiger charge is -2.02. The molecule has 0 saturated heterocycles.